The van der Waals surface area contributed by atoms with Gasteiger partial charge < -0.3 is 0 Å². The number of rotatable bonds is 4. The highest BCUT2D eigenvalue weighted by Crippen LogP contribution is 2.58. The van der Waals surface area contributed by atoms with Crippen LogP contribution in [-0.2, 0) is 33.3 Å². The van der Waals surface area contributed by atoms with Gasteiger partial charge in [0.1, 0.15) is 0 Å². The van der Waals surface area contributed by atoms with E-state index in [-0.39, 0.29) is 21.7 Å². The van der Waals surface area contributed by atoms with Gasteiger partial charge in [-0.25, -0.2) is 0 Å². The smallest absolute Gasteiger partial charge is 0.160 e. The summed E-state index contributed by atoms with van der Waals surface area (Å²) >= 11 is 0. The van der Waals surface area contributed by atoms with Crippen LogP contribution in [0.25, 0.3) is 0 Å². The maximum Gasteiger partial charge on any atom is 0.160 e. The monoisotopic (exact) mass is 720 g/mol. The van der Waals surface area contributed by atoms with E-state index in [4.69, 9.17) is 0 Å². The van der Waals surface area contributed by atoms with E-state index in [2.05, 4.69) is 94.9 Å². The number of nitrogens with zero attached hydrogens (tertiary/aromatic N) is 2. The first-order chi connectivity index (χ1) is 26.4. The molecule has 0 unspecified atom stereocenters. The van der Waals surface area contributed by atoms with Crippen LogP contribution in [0.5, 0.6) is 0 Å². The number of carbonyl (C=O) groups is 2. The molecular weight excluding hydrogens is 665 g/mol. The van der Waals surface area contributed by atoms with Crippen LogP contribution in [0.2, 0.25) is 0 Å². The third-order valence-electron chi connectivity index (χ3n) is 14.9. The van der Waals surface area contributed by atoms with Crippen molar-refractivity contribution < 1.29 is 9.59 Å². The summed E-state index contributed by atoms with van der Waals surface area (Å²) in [6, 6.07) is 21.2. The Hall–Kier alpha value is -4.32. The number of H-pyrrole nitrogens is 2. The van der Waals surface area contributed by atoms with Gasteiger partial charge in [0.05, 0.1) is 23.2 Å². The lowest BCUT2D eigenvalue weighted by Gasteiger charge is -2.48. The number of aromatic nitrogens is 4. The molecule has 2 spiro atoms. The number of carbonyl (C=O) groups excluding carboxylic acids is 2. The van der Waals surface area contributed by atoms with Crippen LogP contribution in [0.4, 0.5) is 0 Å². The Kier molecular flexibility index (Phi) is 9.02. The third kappa shape index (κ3) is 5.48. The number of fused-ring (bicyclic) bond motifs is 2. The van der Waals surface area contributed by atoms with Gasteiger partial charge in [-0.2, -0.15) is 10.2 Å². The van der Waals surface area contributed by atoms with Crippen molar-refractivity contribution in [3.8, 4) is 0 Å². The number of ketones is 2. The van der Waals surface area contributed by atoms with Crippen molar-refractivity contribution in [1.82, 2.24) is 20.4 Å². The number of aromatic amines is 2. The number of hydrogen-bond donors (Lipinski definition) is 2. The summed E-state index contributed by atoms with van der Waals surface area (Å²) in [6.45, 7) is 4.44. The molecule has 2 N–H and O–H groups in total. The van der Waals surface area contributed by atoms with E-state index in [1.165, 1.54) is 109 Å². The zero-order chi connectivity index (χ0) is 37.0. The van der Waals surface area contributed by atoms with Crippen LogP contribution in [0, 0.1) is 10.8 Å². The van der Waals surface area contributed by atoms with Crippen LogP contribution in [-0.4, -0.2) is 32.0 Å². The Morgan fingerprint density at radius 2 is 0.926 bits per heavy atom. The molecule has 2 saturated carbocycles. The minimum absolute atomic E-state index is 0.224. The zero-order valence-corrected chi connectivity index (χ0v) is 32.4. The van der Waals surface area contributed by atoms with Crippen molar-refractivity contribution in [3.63, 3.8) is 0 Å². The molecule has 0 aliphatic heterocycles. The van der Waals surface area contributed by atoms with Crippen LogP contribution >= 0.6 is 0 Å². The van der Waals surface area contributed by atoms with E-state index >= 15 is 0 Å². The molecule has 2 atom stereocenters. The van der Waals surface area contributed by atoms with Gasteiger partial charge in [-0.15, -0.1) is 0 Å². The SMILES string of the molecule is CC[C@@]1(c2ccccc2)C2=C(Cc3[nH]ncc31)CC1(CCCCC1)CC2=O.CC[C@]1(c2ccccc2)C2=C(Cc3[nH]ncc31)CC1(CCCCC1)CC2=O. The van der Waals surface area contributed by atoms with Crippen molar-refractivity contribution in [3.05, 3.63) is 129 Å². The molecule has 2 aromatic heterocycles. The summed E-state index contributed by atoms with van der Waals surface area (Å²) in [5.74, 6) is 0.798. The Balaban J connectivity index is 0.000000142. The molecule has 0 radical (unpaired) electrons. The Morgan fingerprint density at radius 1 is 0.537 bits per heavy atom. The molecule has 6 aliphatic carbocycles. The molecule has 0 amide bonds. The van der Waals surface area contributed by atoms with Gasteiger partial charge in [0, 0.05) is 59.3 Å². The lowest BCUT2D eigenvalue weighted by atomic mass is 9.54. The fourth-order valence-corrected chi connectivity index (χ4v) is 12.7. The molecule has 2 fully saturated rings. The molecular formula is C48H56N4O2. The minimum Gasteiger partial charge on any atom is -0.294 e. The van der Waals surface area contributed by atoms with Gasteiger partial charge in [0.2, 0.25) is 0 Å². The highest BCUT2D eigenvalue weighted by atomic mass is 16.1. The molecule has 2 heterocycles. The first-order valence-corrected chi connectivity index (χ1v) is 21.0. The first kappa shape index (κ1) is 35.4. The lowest BCUT2D eigenvalue weighted by molar-refractivity contribution is -0.120. The lowest BCUT2D eigenvalue weighted by Crippen LogP contribution is -2.44. The molecule has 54 heavy (non-hydrogen) atoms. The van der Waals surface area contributed by atoms with E-state index in [1.54, 1.807) is 0 Å². The van der Waals surface area contributed by atoms with Gasteiger partial charge >= 0.3 is 0 Å². The average Bonchev–Trinajstić information content (AvgIpc) is 3.88. The number of benzene rings is 2. The number of allylic oxidation sites excluding steroid dienone is 4. The van der Waals surface area contributed by atoms with Crippen LogP contribution in [0.3, 0.4) is 0 Å². The van der Waals surface area contributed by atoms with E-state index < -0.39 is 0 Å². The molecule has 6 aliphatic rings. The largest absolute Gasteiger partial charge is 0.294 e. The van der Waals surface area contributed by atoms with Gasteiger partial charge in [0.15, 0.2) is 11.6 Å². The summed E-state index contributed by atoms with van der Waals surface area (Å²) < 4.78 is 0. The second-order valence-electron chi connectivity index (χ2n) is 17.8. The molecule has 0 bridgehead atoms. The molecule has 6 nitrogen and oxygen atoms in total. The third-order valence-corrected chi connectivity index (χ3v) is 14.9. The predicted octanol–water partition coefficient (Wildman–Crippen LogP) is 10.5. The topological polar surface area (TPSA) is 91.5 Å². The van der Waals surface area contributed by atoms with E-state index in [0.29, 0.717) is 11.6 Å². The highest BCUT2D eigenvalue weighted by Gasteiger charge is 2.53. The zero-order valence-electron chi connectivity index (χ0n) is 32.4. The van der Waals surface area contributed by atoms with E-state index in [9.17, 15) is 9.59 Å². The Morgan fingerprint density at radius 3 is 1.30 bits per heavy atom. The normalized spacial score (nSPS) is 26.8. The van der Waals surface area contributed by atoms with Crippen molar-refractivity contribution in [2.24, 2.45) is 10.8 Å². The maximum absolute atomic E-state index is 13.7. The van der Waals surface area contributed by atoms with Gasteiger partial charge in [0.25, 0.3) is 0 Å². The van der Waals surface area contributed by atoms with Crippen molar-refractivity contribution in [2.45, 2.75) is 140 Å². The predicted molar refractivity (Wildman–Crippen MR) is 213 cm³/mol. The highest BCUT2D eigenvalue weighted by molar-refractivity contribution is 6.02. The molecule has 10 rings (SSSR count). The Labute approximate surface area is 320 Å². The van der Waals surface area contributed by atoms with Gasteiger partial charge in [-0.1, -0.05) is 124 Å². The summed E-state index contributed by atoms with van der Waals surface area (Å²) in [4.78, 5) is 27.4. The van der Waals surface area contributed by atoms with Crippen molar-refractivity contribution in [2.75, 3.05) is 0 Å². The molecule has 4 aromatic rings. The molecule has 2 aromatic carbocycles. The van der Waals surface area contributed by atoms with Crippen molar-refractivity contribution in [1.29, 1.82) is 0 Å². The maximum atomic E-state index is 13.7. The fourth-order valence-electron chi connectivity index (χ4n) is 12.7. The number of nitrogens with one attached hydrogen (secondary N) is 2. The second-order valence-corrected chi connectivity index (χ2v) is 17.8. The number of hydrogen-bond acceptors (Lipinski definition) is 4. The minimum atomic E-state index is -0.343. The first-order valence-electron chi connectivity index (χ1n) is 21.0. The standard InChI is InChI=1S/2C24H28N2O/c2*1-2-24(18-9-5-3-6-10-18)19-16-25-26-20(19)13-17-14-23(11-7-4-8-12-23)15-21(27)22(17)24/h2*3,5-6,9-10,16H,2,4,7-8,11-15H2,1H3,(H,25,26)/t2*24-/m10/s1. The van der Waals surface area contributed by atoms with E-state index in [0.717, 1.165) is 62.5 Å². The number of Topliss-reactive ketones (excluding diaryl/α,β-unsaturated/α-hetero) is 2. The van der Waals surface area contributed by atoms with Crippen LogP contribution < -0.4 is 0 Å². The average molecular weight is 721 g/mol. The fraction of sp³-hybridized carbons (Fsp3) is 0.500. The Bertz CT molecular complexity index is 1950. The van der Waals surface area contributed by atoms with Gasteiger partial charge in [-0.05, 0) is 73.3 Å². The molecule has 6 heteroatoms. The quantitative estimate of drug-likeness (QED) is 0.220. The molecule has 280 valence electrons. The summed E-state index contributed by atoms with van der Waals surface area (Å²) in [6.07, 6.45) is 23.8. The van der Waals surface area contributed by atoms with Crippen LogP contribution in [0.15, 0.2) is 95.3 Å². The second kappa shape index (κ2) is 13.8. The molecule has 0 saturated heterocycles. The summed E-state index contributed by atoms with van der Waals surface area (Å²) in [5.41, 5.74) is 12.0. The summed E-state index contributed by atoms with van der Waals surface area (Å²) in [5, 5.41) is 15.3. The summed E-state index contributed by atoms with van der Waals surface area (Å²) in [7, 11) is 0. The van der Waals surface area contributed by atoms with Crippen molar-refractivity contribution >= 4 is 11.6 Å². The van der Waals surface area contributed by atoms with Crippen LogP contribution in [0.1, 0.15) is 150 Å². The van der Waals surface area contributed by atoms with E-state index in [1.807, 2.05) is 12.4 Å². The van der Waals surface area contributed by atoms with Gasteiger partial charge in [-0.3, -0.25) is 19.8 Å².